The largest absolute Gasteiger partial charge is 0.459 e. The molecule has 6 aliphatic rings. The molecule has 6 fully saturated rings. The third-order valence-electron chi connectivity index (χ3n) is 21.9. The quantitative estimate of drug-likeness (QED) is 0.0390. The van der Waals surface area contributed by atoms with Crippen LogP contribution in [0.5, 0.6) is 0 Å². The van der Waals surface area contributed by atoms with Crippen molar-refractivity contribution in [1.82, 2.24) is 9.80 Å². The highest BCUT2D eigenvalue weighted by molar-refractivity contribution is 7.77. The summed E-state index contributed by atoms with van der Waals surface area (Å²) in [5, 5.41) is 60.6. The predicted molar refractivity (Wildman–Crippen MR) is 332 cm³/mol. The Morgan fingerprint density at radius 3 is 1.73 bits per heavy atom. The number of aliphatic hydroxyl groups excluding tert-OH is 3. The third-order valence-corrected chi connectivity index (χ3v) is 28.7. The van der Waals surface area contributed by atoms with E-state index in [4.69, 9.17) is 28.4 Å². The summed E-state index contributed by atoms with van der Waals surface area (Å²) in [4.78, 5) is 32.9. The summed E-state index contributed by atoms with van der Waals surface area (Å²) < 4.78 is 38.4. The third kappa shape index (κ3) is 18.1. The Morgan fingerprint density at radius 2 is 1.23 bits per heavy atom. The average molecular weight is 1200 g/mol. The van der Waals surface area contributed by atoms with Crippen LogP contribution in [0.2, 0.25) is 0 Å². The van der Waals surface area contributed by atoms with E-state index in [0.29, 0.717) is 12.8 Å². The number of aliphatic hydroxyl groups is 5. The fourth-order valence-corrected chi connectivity index (χ4v) is 24.6. The fourth-order valence-electron chi connectivity index (χ4n) is 17.0. The van der Waals surface area contributed by atoms with Gasteiger partial charge < -0.3 is 63.8 Å². The highest BCUT2D eigenvalue weighted by Crippen LogP contribution is 2.77. The standard InChI is InChI=1S/C67H124N2O13P/c1-14-55-67(10,76)60(72)49(6)69(56(70)39-31-20-18-16-15-17-19-21-32-40-83(51-33-25-22-26-34-51,52-35-27-23-28-36-52)53-37-29-24-30-38-53)44-45(2)42-65(8,75)62(82-64-58(71)54(68(11)12)41-46(3)78-64)47(4)59(48(5)63(74)80-55)81-57-43-66(9,77-13)61(73)50(7)79-57/h45-55,57-62,64,71-73,75-76H,14-44H2,1-13H3/q+1/t45-,46-,47+,48-,49-,50+,54+,55-,57+,58-,59+,60-,61+,62-,64+,65-,66-,67-/m1/s1. The van der Waals surface area contributed by atoms with Gasteiger partial charge in [-0.1, -0.05) is 78.6 Å². The van der Waals surface area contributed by atoms with E-state index in [-0.39, 0.29) is 56.2 Å². The molecule has 3 saturated heterocycles. The van der Waals surface area contributed by atoms with Crippen molar-refractivity contribution in [2.24, 2.45) is 17.8 Å². The van der Waals surface area contributed by atoms with Crippen LogP contribution in [0.3, 0.4) is 0 Å². The van der Waals surface area contributed by atoms with Crippen molar-refractivity contribution in [3.05, 3.63) is 0 Å². The van der Waals surface area contributed by atoms with Crippen LogP contribution in [0.15, 0.2) is 0 Å². The van der Waals surface area contributed by atoms with Crippen LogP contribution in [0.25, 0.3) is 0 Å². The second-order valence-corrected chi connectivity index (χ2v) is 33.4. The number of unbranched alkanes of at least 4 members (excludes halogenated alkanes) is 8. The Balaban J connectivity index is 1.14. The lowest BCUT2D eigenvalue weighted by atomic mass is 9.77. The molecule has 0 radical (unpaired) electrons. The number of hydrogen-bond donors (Lipinski definition) is 5. The minimum Gasteiger partial charge on any atom is -0.459 e. The van der Waals surface area contributed by atoms with E-state index in [9.17, 15) is 35.1 Å². The molecule has 3 aliphatic heterocycles. The first-order chi connectivity index (χ1) is 39.3. The first kappa shape index (κ1) is 71.0. The molecule has 0 aromatic rings. The van der Waals surface area contributed by atoms with Gasteiger partial charge in [0, 0.05) is 45.7 Å². The van der Waals surface area contributed by atoms with E-state index in [1.807, 2.05) is 39.8 Å². The summed E-state index contributed by atoms with van der Waals surface area (Å²) in [6.07, 6.45) is 25.4. The fraction of sp³-hybridized carbons (Fsp3) is 0.970. The monoisotopic (exact) mass is 1200 g/mol. The molecule has 0 aromatic heterocycles. The first-order valence-electron chi connectivity index (χ1n) is 34.0. The Labute approximate surface area is 504 Å². The number of ether oxygens (including phenoxy) is 6. The SMILES string of the molecule is CC[C@H]1OC(=O)[C@H](C)[C@@H](O[C@H]2C[C@@](C)(OC)[C@@H](O)[C@H](C)O2)[C@H](C)[C@@H](O[C@@H]2O[C@H](C)C[C@H](N(C)C)[C@H]2O)[C@](C)(O)C[C@@H](C)CN(C(=O)CCCCCCCCCCC[P+](C2CCCCC2)(C2CCCCC2)C2CCCCC2)[C@H](C)[C@@H](O)[C@]1(C)O. The van der Waals surface area contributed by atoms with Gasteiger partial charge in [-0.15, -0.1) is 0 Å². The number of nitrogens with zero attached hydrogens (tertiary/aromatic N) is 2. The topological polar surface area (TPSA) is 197 Å². The molecule has 3 heterocycles. The molecule has 5 N–H and O–H groups in total. The molecule has 83 heavy (non-hydrogen) atoms. The number of esters is 1. The van der Waals surface area contributed by atoms with Crippen LogP contribution < -0.4 is 0 Å². The summed E-state index contributed by atoms with van der Waals surface area (Å²) >= 11 is 0. The van der Waals surface area contributed by atoms with Crippen LogP contribution in [0.1, 0.15) is 255 Å². The predicted octanol–water partition coefficient (Wildman–Crippen LogP) is 11.7. The van der Waals surface area contributed by atoms with Crippen molar-refractivity contribution in [1.29, 1.82) is 0 Å². The molecular weight excluding hydrogens is 1070 g/mol. The molecule has 3 saturated carbocycles. The summed E-state index contributed by atoms with van der Waals surface area (Å²) in [6, 6.07) is -1.21. The number of likely N-dealkylation sites (N-methyl/N-ethyl adjacent to an activating group) is 1. The average Bonchev–Trinajstić information content (AvgIpc) is 2.71. The van der Waals surface area contributed by atoms with E-state index in [0.717, 1.165) is 36.2 Å². The van der Waals surface area contributed by atoms with Gasteiger partial charge in [0.25, 0.3) is 0 Å². The van der Waals surface area contributed by atoms with Crippen LogP contribution in [-0.2, 0) is 38.0 Å². The molecule has 484 valence electrons. The molecule has 16 heteroatoms. The van der Waals surface area contributed by atoms with Gasteiger partial charge in [-0.05, 0) is 184 Å². The Morgan fingerprint density at radius 1 is 0.711 bits per heavy atom. The van der Waals surface area contributed by atoms with Crippen molar-refractivity contribution < 1.29 is 63.5 Å². The molecule has 0 spiro atoms. The molecule has 0 bridgehead atoms. The van der Waals surface area contributed by atoms with E-state index in [1.165, 1.54) is 142 Å². The molecule has 0 unspecified atom stereocenters. The van der Waals surface area contributed by atoms with Crippen LogP contribution in [-0.4, -0.2) is 188 Å². The number of amides is 1. The van der Waals surface area contributed by atoms with Gasteiger partial charge in [0.1, 0.15) is 30.0 Å². The molecule has 3 aliphatic carbocycles. The summed E-state index contributed by atoms with van der Waals surface area (Å²) in [7, 11) is 4.28. The maximum absolute atomic E-state index is 14.7. The van der Waals surface area contributed by atoms with Gasteiger partial charge in [-0.3, -0.25) is 9.59 Å². The zero-order valence-electron chi connectivity index (χ0n) is 54.7. The van der Waals surface area contributed by atoms with Crippen molar-refractivity contribution in [3.8, 4) is 0 Å². The lowest BCUT2D eigenvalue weighted by molar-refractivity contribution is -0.318. The number of carbonyl (C=O) groups excluding carboxylic acids is 2. The van der Waals surface area contributed by atoms with Crippen molar-refractivity contribution >= 4 is 19.1 Å². The minimum absolute atomic E-state index is 0.0957. The second kappa shape index (κ2) is 32.6. The molecule has 6 rings (SSSR count). The van der Waals surface area contributed by atoms with E-state index >= 15 is 0 Å². The number of rotatable bonds is 22. The van der Waals surface area contributed by atoms with E-state index in [1.54, 1.807) is 52.6 Å². The Hall–Kier alpha value is -1.07. The van der Waals surface area contributed by atoms with Crippen LogP contribution in [0, 0.1) is 17.8 Å². The van der Waals surface area contributed by atoms with E-state index in [2.05, 4.69) is 0 Å². The van der Waals surface area contributed by atoms with E-state index < -0.39 is 103 Å². The van der Waals surface area contributed by atoms with Crippen LogP contribution >= 0.6 is 7.26 Å². The van der Waals surface area contributed by atoms with Gasteiger partial charge in [0.2, 0.25) is 5.91 Å². The lowest BCUT2D eigenvalue weighted by Crippen LogP contribution is -2.60. The maximum atomic E-state index is 14.7. The van der Waals surface area contributed by atoms with Gasteiger partial charge in [0.15, 0.2) is 12.6 Å². The number of hydrogen-bond acceptors (Lipinski definition) is 14. The summed E-state index contributed by atoms with van der Waals surface area (Å²) in [5.41, 5.74) is -1.55. The van der Waals surface area contributed by atoms with Crippen molar-refractivity contribution in [2.45, 2.75) is 363 Å². The van der Waals surface area contributed by atoms with Crippen molar-refractivity contribution in [2.75, 3.05) is 33.9 Å². The van der Waals surface area contributed by atoms with Gasteiger partial charge in [-0.25, -0.2) is 0 Å². The Bertz CT molecular complexity index is 1870. The molecule has 18 atom stereocenters. The number of methoxy groups -OCH3 is 1. The van der Waals surface area contributed by atoms with Crippen LogP contribution in [0.4, 0.5) is 0 Å². The first-order valence-corrected chi connectivity index (χ1v) is 36.2. The normalized spacial score (nSPS) is 39.5. The molecule has 1 amide bonds. The smallest absolute Gasteiger partial charge is 0.311 e. The molecule has 15 nitrogen and oxygen atoms in total. The highest BCUT2D eigenvalue weighted by atomic mass is 31.2. The lowest BCUT2D eigenvalue weighted by Gasteiger charge is -2.49. The second-order valence-electron chi connectivity index (χ2n) is 28.8. The van der Waals surface area contributed by atoms with Gasteiger partial charge in [-0.2, -0.15) is 0 Å². The van der Waals surface area contributed by atoms with Gasteiger partial charge >= 0.3 is 5.97 Å². The highest BCUT2D eigenvalue weighted by Gasteiger charge is 2.57. The number of carbonyl (C=O) groups is 2. The zero-order chi connectivity index (χ0) is 60.9. The molecular formula is C67H124N2O13P+. The Kier molecular flexibility index (Phi) is 27.9. The van der Waals surface area contributed by atoms with Crippen molar-refractivity contribution in [3.63, 3.8) is 0 Å². The number of cyclic esters (lactones) is 1. The summed E-state index contributed by atoms with van der Waals surface area (Å²) in [6.45, 7) is 17.6. The maximum Gasteiger partial charge on any atom is 0.311 e. The summed E-state index contributed by atoms with van der Waals surface area (Å²) in [5.74, 6) is -3.16. The van der Waals surface area contributed by atoms with Gasteiger partial charge in [0.05, 0.1) is 70.7 Å². The minimum atomic E-state index is -1.98. The zero-order valence-corrected chi connectivity index (χ0v) is 55.6. The molecule has 0 aromatic carbocycles.